The van der Waals surface area contributed by atoms with E-state index in [1.165, 1.54) is 23.5 Å². The molecular weight excluding hydrogens is 470 g/mol. The second-order valence-electron chi connectivity index (χ2n) is 6.91. The number of hydrogen-bond donors (Lipinski definition) is 1. The molecule has 1 amide bonds. The maximum Gasteiger partial charge on any atom is 0.271 e. The van der Waals surface area contributed by atoms with Gasteiger partial charge in [0.05, 0.1) is 10.0 Å². The first-order valence-electron chi connectivity index (χ1n) is 9.63. The SMILES string of the molecule is O=C(NCc1ccc(F)cc1)c1csc(-c2ccc(OCc3ccc(Cl)c(Cl)c3)cc2)n1. The van der Waals surface area contributed by atoms with Crippen LogP contribution in [0.1, 0.15) is 21.6 Å². The first-order chi connectivity index (χ1) is 15.5. The van der Waals surface area contributed by atoms with Crippen LogP contribution in [0.5, 0.6) is 5.75 Å². The molecule has 0 aliphatic rings. The largest absolute Gasteiger partial charge is 0.489 e. The van der Waals surface area contributed by atoms with Crippen molar-refractivity contribution in [2.75, 3.05) is 0 Å². The van der Waals surface area contributed by atoms with Gasteiger partial charge in [0.25, 0.3) is 5.91 Å². The molecule has 1 heterocycles. The third-order valence-electron chi connectivity index (χ3n) is 4.59. The Morgan fingerprint density at radius 1 is 0.969 bits per heavy atom. The summed E-state index contributed by atoms with van der Waals surface area (Å²) < 4.78 is 18.8. The number of benzene rings is 3. The number of thiazole rings is 1. The highest BCUT2D eigenvalue weighted by Crippen LogP contribution is 2.27. The number of aromatic nitrogens is 1. The Balaban J connectivity index is 1.34. The lowest BCUT2D eigenvalue weighted by Crippen LogP contribution is -2.23. The van der Waals surface area contributed by atoms with Crippen LogP contribution in [0, 0.1) is 5.82 Å². The normalized spacial score (nSPS) is 10.7. The van der Waals surface area contributed by atoms with Crippen molar-refractivity contribution in [3.8, 4) is 16.3 Å². The molecule has 1 N–H and O–H groups in total. The van der Waals surface area contributed by atoms with Gasteiger partial charge in [-0.2, -0.15) is 0 Å². The van der Waals surface area contributed by atoms with Gasteiger partial charge in [-0.3, -0.25) is 4.79 Å². The molecule has 0 fully saturated rings. The number of ether oxygens (including phenoxy) is 1. The Bertz CT molecular complexity index is 1230. The summed E-state index contributed by atoms with van der Waals surface area (Å²) in [5.74, 6) is 0.113. The van der Waals surface area contributed by atoms with E-state index in [2.05, 4.69) is 10.3 Å². The molecule has 4 aromatic rings. The Morgan fingerprint density at radius 3 is 2.41 bits per heavy atom. The molecule has 1 aromatic heterocycles. The van der Waals surface area contributed by atoms with E-state index in [9.17, 15) is 9.18 Å². The molecule has 32 heavy (non-hydrogen) atoms. The number of hydrogen-bond acceptors (Lipinski definition) is 4. The molecule has 0 atom stereocenters. The zero-order chi connectivity index (χ0) is 22.5. The fourth-order valence-corrected chi connectivity index (χ4v) is 4.00. The number of amides is 1. The molecule has 4 nitrogen and oxygen atoms in total. The summed E-state index contributed by atoms with van der Waals surface area (Å²) in [4.78, 5) is 16.8. The minimum absolute atomic E-state index is 0.279. The number of rotatable bonds is 7. The molecule has 3 aromatic carbocycles. The zero-order valence-electron chi connectivity index (χ0n) is 16.6. The van der Waals surface area contributed by atoms with Crippen molar-refractivity contribution in [1.29, 1.82) is 0 Å². The molecule has 0 aliphatic carbocycles. The van der Waals surface area contributed by atoms with Crippen molar-refractivity contribution < 1.29 is 13.9 Å². The lowest BCUT2D eigenvalue weighted by molar-refractivity contribution is 0.0946. The van der Waals surface area contributed by atoms with E-state index in [1.54, 1.807) is 29.6 Å². The van der Waals surface area contributed by atoms with Crippen LogP contribution in [0.3, 0.4) is 0 Å². The fourth-order valence-electron chi connectivity index (χ4n) is 2.88. The van der Waals surface area contributed by atoms with E-state index >= 15 is 0 Å². The molecule has 0 bridgehead atoms. The number of nitrogens with one attached hydrogen (secondary N) is 1. The number of carbonyl (C=O) groups excluding carboxylic acids is 1. The van der Waals surface area contributed by atoms with Gasteiger partial charge in [0, 0.05) is 17.5 Å². The van der Waals surface area contributed by atoms with Gasteiger partial charge in [-0.1, -0.05) is 41.4 Å². The third kappa shape index (κ3) is 5.65. The molecule has 4 rings (SSSR count). The van der Waals surface area contributed by atoms with Crippen LogP contribution in [0.25, 0.3) is 10.6 Å². The molecule has 0 spiro atoms. The van der Waals surface area contributed by atoms with E-state index in [4.69, 9.17) is 27.9 Å². The van der Waals surface area contributed by atoms with Crippen molar-refractivity contribution in [3.63, 3.8) is 0 Å². The Hall–Kier alpha value is -2.93. The molecule has 8 heteroatoms. The molecular formula is C24H17Cl2FN2O2S. The number of halogens is 3. The summed E-state index contributed by atoms with van der Waals surface area (Å²) in [6.45, 7) is 0.669. The van der Waals surface area contributed by atoms with Crippen molar-refractivity contribution in [2.24, 2.45) is 0 Å². The summed E-state index contributed by atoms with van der Waals surface area (Å²) in [5, 5.41) is 6.23. The second kappa shape index (κ2) is 10.1. The Morgan fingerprint density at radius 2 is 1.69 bits per heavy atom. The summed E-state index contributed by atoms with van der Waals surface area (Å²) >= 11 is 13.3. The van der Waals surface area contributed by atoms with Crippen molar-refractivity contribution in [3.05, 3.63) is 105 Å². The van der Waals surface area contributed by atoms with Crippen molar-refractivity contribution in [1.82, 2.24) is 10.3 Å². The van der Waals surface area contributed by atoms with Crippen LogP contribution in [0.15, 0.2) is 72.1 Å². The smallest absolute Gasteiger partial charge is 0.271 e. The zero-order valence-corrected chi connectivity index (χ0v) is 19.0. The van der Waals surface area contributed by atoms with Gasteiger partial charge in [0.15, 0.2) is 0 Å². The van der Waals surface area contributed by atoms with Crippen molar-refractivity contribution >= 4 is 40.4 Å². The van der Waals surface area contributed by atoms with Crippen LogP contribution >= 0.6 is 34.5 Å². The van der Waals surface area contributed by atoms with Gasteiger partial charge in [0.2, 0.25) is 0 Å². The predicted molar refractivity (Wildman–Crippen MR) is 126 cm³/mol. The van der Waals surface area contributed by atoms with Crippen LogP contribution in [0.4, 0.5) is 4.39 Å². The van der Waals surface area contributed by atoms with E-state index in [0.717, 1.165) is 21.7 Å². The lowest BCUT2D eigenvalue weighted by Gasteiger charge is -2.07. The fraction of sp³-hybridized carbons (Fsp3) is 0.0833. The second-order valence-corrected chi connectivity index (χ2v) is 8.58. The quantitative estimate of drug-likeness (QED) is 0.313. The van der Waals surface area contributed by atoms with Crippen LogP contribution in [-0.2, 0) is 13.2 Å². The summed E-state index contributed by atoms with van der Waals surface area (Å²) in [5.41, 5.74) is 2.95. The minimum atomic E-state index is -0.310. The van der Waals surface area contributed by atoms with Gasteiger partial charge < -0.3 is 10.1 Å². The van der Waals surface area contributed by atoms with Crippen LogP contribution < -0.4 is 10.1 Å². The Kier molecular flexibility index (Phi) is 7.05. The minimum Gasteiger partial charge on any atom is -0.489 e. The molecule has 0 saturated carbocycles. The summed E-state index contributed by atoms with van der Waals surface area (Å²) in [7, 11) is 0. The van der Waals surface area contributed by atoms with Crippen molar-refractivity contribution in [2.45, 2.75) is 13.2 Å². The van der Waals surface area contributed by atoms with E-state index < -0.39 is 0 Å². The van der Waals surface area contributed by atoms with Gasteiger partial charge in [-0.05, 0) is 59.7 Å². The number of nitrogens with zero attached hydrogens (tertiary/aromatic N) is 1. The van der Waals surface area contributed by atoms with E-state index in [1.807, 2.05) is 30.3 Å². The topological polar surface area (TPSA) is 51.2 Å². The maximum absolute atomic E-state index is 13.0. The Labute approximate surface area is 198 Å². The number of carbonyl (C=O) groups is 1. The molecule has 0 saturated heterocycles. The average molecular weight is 487 g/mol. The molecule has 0 aliphatic heterocycles. The molecule has 0 unspecified atom stereocenters. The van der Waals surface area contributed by atoms with Gasteiger partial charge in [0.1, 0.15) is 28.9 Å². The predicted octanol–water partition coefficient (Wildman–Crippen LogP) is 6.77. The maximum atomic E-state index is 13.0. The highest BCUT2D eigenvalue weighted by atomic mass is 35.5. The average Bonchev–Trinajstić information content (AvgIpc) is 3.30. The highest BCUT2D eigenvalue weighted by Gasteiger charge is 2.12. The van der Waals surface area contributed by atoms with Gasteiger partial charge in [-0.25, -0.2) is 9.37 Å². The van der Waals surface area contributed by atoms with Crippen LogP contribution in [-0.4, -0.2) is 10.9 Å². The molecule has 0 radical (unpaired) electrons. The standard InChI is InChI=1S/C24H17Cl2FN2O2S/c25-20-10-3-16(11-21(20)26)13-31-19-8-4-17(5-9-19)24-29-22(14-32-24)23(30)28-12-15-1-6-18(27)7-2-15/h1-11,14H,12-13H2,(H,28,30). The van der Waals surface area contributed by atoms with E-state index in [0.29, 0.717) is 34.6 Å². The monoisotopic (exact) mass is 486 g/mol. The van der Waals surface area contributed by atoms with Gasteiger partial charge in [-0.15, -0.1) is 11.3 Å². The summed E-state index contributed by atoms with van der Waals surface area (Å²) in [6, 6.07) is 18.8. The summed E-state index contributed by atoms with van der Waals surface area (Å²) in [6.07, 6.45) is 0. The highest BCUT2D eigenvalue weighted by molar-refractivity contribution is 7.13. The first-order valence-corrected chi connectivity index (χ1v) is 11.3. The van der Waals surface area contributed by atoms with Gasteiger partial charge >= 0.3 is 0 Å². The first kappa shape index (κ1) is 22.3. The third-order valence-corrected chi connectivity index (χ3v) is 6.22. The lowest BCUT2D eigenvalue weighted by atomic mass is 10.2. The molecule has 162 valence electrons. The van der Waals surface area contributed by atoms with E-state index in [-0.39, 0.29) is 11.7 Å². The van der Waals surface area contributed by atoms with Crippen LogP contribution in [0.2, 0.25) is 10.0 Å².